The number of benzene rings is 1. The molecule has 3 N–H and O–H groups in total. The van der Waals surface area contributed by atoms with Gasteiger partial charge in [-0.25, -0.2) is 4.79 Å². The van der Waals surface area contributed by atoms with Crippen LogP contribution >= 0.6 is 0 Å². The first kappa shape index (κ1) is 15.8. The molecule has 1 unspecified atom stereocenters. The van der Waals surface area contributed by atoms with Crippen molar-refractivity contribution in [1.82, 2.24) is 5.32 Å². The molecular weight excluding hydrogens is 260 g/mol. The minimum atomic E-state index is -1.37. The minimum absolute atomic E-state index is 0.0991. The molecule has 6 nitrogen and oxygen atoms in total. The maximum Gasteiger partial charge on any atom is 0.408 e. The lowest BCUT2D eigenvalue weighted by Crippen LogP contribution is -2.50. The average Bonchev–Trinajstić information content (AvgIpc) is 2.28. The second-order valence-electron chi connectivity index (χ2n) is 5.46. The Morgan fingerprint density at radius 3 is 2.30 bits per heavy atom. The van der Waals surface area contributed by atoms with Crippen LogP contribution in [0.5, 0.6) is 0 Å². The molecule has 1 atom stereocenters. The van der Waals surface area contributed by atoms with Crippen LogP contribution < -0.4 is 16.2 Å². The number of alkyl carbamates (subject to hydrolysis) is 1. The van der Waals surface area contributed by atoms with E-state index in [0.29, 0.717) is 5.69 Å². The molecule has 110 valence electrons. The highest BCUT2D eigenvalue weighted by atomic mass is 16.6. The van der Waals surface area contributed by atoms with Crippen LogP contribution in [0.2, 0.25) is 0 Å². The normalized spacial score (nSPS) is 12.6. The Balaban J connectivity index is 2.68. The number of rotatable bonds is 4. The van der Waals surface area contributed by atoms with Crippen LogP contribution in [0.15, 0.2) is 24.3 Å². The summed E-state index contributed by atoms with van der Waals surface area (Å²) in [6.45, 7) is 5.09. The van der Waals surface area contributed by atoms with Crippen LogP contribution in [0.1, 0.15) is 26.3 Å². The summed E-state index contributed by atoms with van der Waals surface area (Å²) >= 11 is 0. The van der Waals surface area contributed by atoms with E-state index >= 15 is 0 Å². The number of ether oxygens (including phenoxy) is 1. The number of carbonyl (C=O) groups is 2. The van der Waals surface area contributed by atoms with E-state index in [4.69, 9.17) is 10.5 Å². The summed E-state index contributed by atoms with van der Waals surface area (Å²) in [4.78, 5) is 22.6. The smallest absolute Gasteiger partial charge is 0.408 e. The van der Waals surface area contributed by atoms with E-state index in [1.165, 1.54) is 0 Å². The van der Waals surface area contributed by atoms with E-state index in [9.17, 15) is 14.7 Å². The number of nitrogens with two attached hydrogens (primary N) is 1. The van der Waals surface area contributed by atoms with Gasteiger partial charge in [0.25, 0.3) is 0 Å². The Morgan fingerprint density at radius 2 is 1.85 bits per heavy atom. The second-order valence-corrected chi connectivity index (χ2v) is 5.46. The van der Waals surface area contributed by atoms with E-state index in [0.717, 1.165) is 5.56 Å². The first-order valence-electron chi connectivity index (χ1n) is 6.22. The van der Waals surface area contributed by atoms with Crippen molar-refractivity contribution in [3.05, 3.63) is 29.8 Å². The number of carbonyl (C=O) groups excluding carboxylic acids is 2. The van der Waals surface area contributed by atoms with Crippen LogP contribution in [0, 0.1) is 0 Å². The first-order chi connectivity index (χ1) is 9.17. The van der Waals surface area contributed by atoms with Crippen molar-refractivity contribution >= 4 is 17.7 Å². The van der Waals surface area contributed by atoms with E-state index in [1.807, 2.05) is 0 Å². The molecule has 0 aliphatic heterocycles. The summed E-state index contributed by atoms with van der Waals surface area (Å²) in [5, 5.41) is 13.3. The number of carboxylic acid groups (broad SMARTS) is 1. The molecule has 0 heterocycles. The molecule has 1 aromatic carbocycles. The molecule has 1 aromatic rings. The number of nitrogen functional groups attached to an aromatic ring is 1. The highest BCUT2D eigenvalue weighted by molar-refractivity contribution is 5.79. The first-order valence-corrected chi connectivity index (χ1v) is 6.22. The summed E-state index contributed by atoms with van der Waals surface area (Å²) in [5.41, 5.74) is 6.16. The third kappa shape index (κ3) is 5.60. The third-order valence-electron chi connectivity index (χ3n) is 2.40. The van der Waals surface area contributed by atoms with Crippen molar-refractivity contribution in [3.63, 3.8) is 0 Å². The van der Waals surface area contributed by atoms with Gasteiger partial charge in [-0.1, -0.05) is 12.1 Å². The predicted molar refractivity (Wildman–Crippen MR) is 72.7 cm³/mol. The summed E-state index contributed by atoms with van der Waals surface area (Å²) in [5.74, 6) is -1.37. The zero-order valence-corrected chi connectivity index (χ0v) is 11.8. The molecule has 0 saturated carbocycles. The molecule has 0 radical (unpaired) electrons. The molecule has 0 aromatic heterocycles. The van der Waals surface area contributed by atoms with Crippen LogP contribution in [0.3, 0.4) is 0 Å². The van der Waals surface area contributed by atoms with Crippen molar-refractivity contribution in [2.24, 2.45) is 0 Å². The molecule has 0 fully saturated rings. The largest absolute Gasteiger partial charge is 0.548 e. The molecular formula is C14H19N2O4-. The number of hydrogen-bond acceptors (Lipinski definition) is 5. The number of carboxylic acids is 1. The number of anilines is 1. The fourth-order valence-corrected chi connectivity index (χ4v) is 1.53. The van der Waals surface area contributed by atoms with Gasteiger partial charge in [0.15, 0.2) is 0 Å². The molecule has 0 aliphatic carbocycles. The van der Waals surface area contributed by atoms with E-state index < -0.39 is 23.7 Å². The van der Waals surface area contributed by atoms with Crippen LogP contribution in [-0.2, 0) is 16.0 Å². The minimum Gasteiger partial charge on any atom is -0.548 e. The molecule has 0 aliphatic rings. The molecule has 0 bridgehead atoms. The maximum atomic E-state index is 11.6. The van der Waals surface area contributed by atoms with Crippen molar-refractivity contribution in [2.75, 3.05) is 5.73 Å². The zero-order chi connectivity index (χ0) is 15.3. The van der Waals surface area contributed by atoms with Crippen molar-refractivity contribution in [1.29, 1.82) is 0 Å². The van der Waals surface area contributed by atoms with Gasteiger partial charge in [-0.3, -0.25) is 0 Å². The molecule has 1 amide bonds. The highest BCUT2D eigenvalue weighted by Crippen LogP contribution is 2.10. The Labute approximate surface area is 117 Å². The van der Waals surface area contributed by atoms with Crippen LogP contribution in [-0.4, -0.2) is 23.7 Å². The second kappa shape index (κ2) is 6.27. The SMILES string of the molecule is CC(C)(C)OC(=O)NC(Cc1ccc(N)cc1)C(=O)[O-]. The van der Waals surface area contributed by atoms with Crippen molar-refractivity contribution in [3.8, 4) is 0 Å². The Hall–Kier alpha value is -2.24. The lowest BCUT2D eigenvalue weighted by molar-refractivity contribution is -0.308. The third-order valence-corrected chi connectivity index (χ3v) is 2.40. The van der Waals surface area contributed by atoms with Gasteiger partial charge in [0.2, 0.25) is 0 Å². The molecule has 20 heavy (non-hydrogen) atoms. The van der Waals surface area contributed by atoms with Gasteiger partial charge in [-0.2, -0.15) is 0 Å². The maximum absolute atomic E-state index is 11.6. The zero-order valence-electron chi connectivity index (χ0n) is 11.8. The number of amides is 1. The fraction of sp³-hybridized carbons (Fsp3) is 0.429. The van der Waals surface area contributed by atoms with Gasteiger partial charge in [-0.05, 0) is 44.9 Å². The van der Waals surface area contributed by atoms with Crippen LogP contribution in [0.25, 0.3) is 0 Å². The Kier molecular flexibility index (Phi) is 4.96. The fourth-order valence-electron chi connectivity index (χ4n) is 1.53. The van der Waals surface area contributed by atoms with E-state index in [-0.39, 0.29) is 6.42 Å². The summed E-state index contributed by atoms with van der Waals surface area (Å²) in [7, 11) is 0. The van der Waals surface area contributed by atoms with Gasteiger partial charge in [0, 0.05) is 5.69 Å². The van der Waals surface area contributed by atoms with Crippen molar-refractivity contribution in [2.45, 2.75) is 38.8 Å². The number of aliphatic carboxylic acids is 1. The predicted octanol–water partition coefficient (Wildman–Crippen LogP) is 0.454. The lowest BCUT2D eigenvalue weighted by atomic mass is 10.1. The summed E-state index contributed by atoms with van der Waals surface area (Å²) in [6, 6.07) is 5.56. The molecule has 1 rings (SSSR count). The van der Waals surface area contributed by atoms with Gasteiger partial charge in [0.05, 0.1) is 12.0 Å². The Morgan fingerprint density at radius 1 is 1.30 bits per heavy atom. The quantitative estimate of drug-likeness (QED) is 0.779. The van der Waals surface area contributed by atoms with Gasteiger partial charge in [-0.15, -0.1) is 0 Å². The Bertz CT molecular complexity index is 477. The van der Waals surface area contributed by atoms with Gasteiger partial charge < -0.3 is 25.7 Å². The molecule has 6 heteroatoms. The monoisotopic (exact) mass is 279 g/mol. The van der Waals surface area contributed by atoms with Crippen LogP contribution in [0.4, 0.5) is 10.5 Å². The van der Waals surface area contributed by atoms with E-state index in [2.05, 4.69) is 5.32 Å². The summed E-state index contributed by atoms with van der Waals surface area (Å²) < 4.78 is 5.01. The average molecular weight is 279 g/mol. The number of hydrogen-bond donors (Lipinski definition) is 2. The van der Waals surface area contributed by atoms with E-state index in [1.54, 1.807) is 45.0 Å². The van der Waals surface area contributed by atoms with Gasteiger partial charge >= 0.3 is 6.09 Å². The van der Waals surface area contributed by atoms with Gasteiger partial charge in [0.1, 0.15) is 5.60 Å². The summed E-state index contributed by atoms with van der Waals surface area (Å²) in [6.07, 6.45) is -0.691. The highest BCUT2D eigenvalue weighted by Gasteiger charge is 2.20. The number of nitrogens with one attached hydrogen (secondary N) is 1. The van der Waals surface area contributed by atoms with Crippen molar-refractivity contribution < 1.29 is 19.4 Å². The standard InChI is InChI=1S/C14H20N2O4/c1-14(2,3)20-13(19)16-11(12(17)18)8-9-4-6-10(15)7-5-9/h4-7,11H,8,15H2,1-3H3,(H,16,19)(H,17,18)/p-1. The molecule has 0 saturated heterocycles. The molecule has 0 spiro atoms. The lowest BCUT2D eigenvalue weighted by Gasteiger charge is -2.24. The topological polar surface area (TPSA) is 104 Å².